The van der Waals surface area contributed by atoms with Gasteiger partial charge in [-0.2, -0.15) is 0 Å². The van der Waals surface area contributed by atoms with E-state index in [-0.39, 0.29) is 5.41 Å². The van der Waals surface area contributed by atoms with Gasteiger partial charge in [-0.3, -0.25) is 9.97 Å². The highest BCUT2D eigenvalue weighted by atomic mass is 14.8. The van der Waals surface area contributed by atoms with E-state index in [1.54, 1.807) is 12.4 Å². The van der Waals surface area contributed by atoms with Crippen molar-refractivity contribution < 1.29 is 0 Å². The third kappa shape index (κ3) is 2.17. The van der Waals surface area contributed by atoms with E-state index in [0.29, 0.717) is 5.92 Å². The zero-order chi connectivity index (χ0) is 12.6. The van der Waals surface area contributed by atoms with Crippen LogP contribution in [0, 0.1) is 0 Å². The highest BCUT2D eigenvalue weighted by Crippen LogP contribution is 2.31. The molecule has 0 atom stereocenters. The molecule has 0 spiro atoms. The topological polar surface area (TPSA) is 25.8 Å². The summed E-state index contributed by atoms with van der Waals surface area (Å²) in [6.07, 6.45) is 3.56. The monoisotopic (exact) mass is 228 g/mol. The van der Waals surface area contributed by atoms with Gasteiger partial charge < -0.3 is 0 Å². The molecule has 0 aliphatic carbocycles. The van der Waals surface area contributed by atoms with Crippen molar-refractivity contribution in [2.24, 2.45) is 0 Å². The molecule has 0 N–H and O–H groups in total. The molecule has 1 heterocycles. The maximum absolute atomic E-state index is 4.53. The van der Waals surface area contributed by atoms with E-state index in [2.05, 4.69) is 56.7 Å². The fourth-order valence-corrected chi connectivity index (χ4v) is 2.15. The normalized spacial score (nSPS) is 12.4. The number of benzene rings is 1. The summed E-state index contributed by atoms with van der Waals surface area (Å²) in [6.45, 7) is 11.0. The van der Waals surface area contributed by atoms with Crippen molar-refractivity contribution in [3.05, 3.63) is 35.7 Å². The molecule has 2 nitrogen and oxygen atoms in total. The molecule has 1 aromatic carbocycles. The minimum absolute atomic E-state index is 0.101. The number of hydrogen-bond donors (Lipinski definition) is 0. The average molecular weight is 228 g/mol. The van der Waals surface area contributed by atoms with E-state index >= 15 is 0 Å². The third-order valence-corrected chi connectivity index (χ3v) is 3.09. The van der Waals surface area contributed by atoms with Crippen LogP contribution in [0.25, 0.3) is 11.0 Å². The van der Waals surface area contributed by atoms with Crippen molar-refractivity contribution in [3.8, 4) is 0 Å². The predicted molar refractivity (Wildman–Crippen MR) is 72.3 cm³/mol. The van der Waals surface area contributed by atoms with Crippen molar-refractivity contribution in [2.45, 2.75) is 46.0 Å². The highest BCUT2D eigenvalue weighted by Gasteiger charge is 2.19. The Morgan fingerprint density at radius 3 is 2.06 bits per heavy atom. The summed E-state index contributed by atoms with van der Waals surface area (Å²) < 4.78 is 0. The predicted octanol–water partition coefficient (Wildman–Crippen LogP) is 4.05. The van der Waals surface area contributed by atoms with Gasteiger partial charge >= 0.3 is 0 Å². The van der Waals surface area contributed by atoms with Gasteiger partial charge in [0.1, 0.15) is 0 Å². The second-order valence-electron chi connectivity index (χ2n) is 5.86. The fourth-order valence-electron chi connectivity index (χ4n) is 2.15. The van der Waals surface area contributed by atoms with E-state index in [0.717, 1.165) is 11.0 Å². The molecule has 0 radical (unpaired) electrons. The van der Waals surface area contributed by atoms with Crippen LogP contribution in [0.4, 0.5) is 0 Å². The molecular formula is C15H20N2. The molecule has 0 aliphatic heterocycles. The molecule has 0 bridgehead atoms. The second-order valence-corrected chi connectivity index (χ2v) is 5.86. The van der Waals surface area contributed by atoms with Gasteiger partial charge in [0.25, 0.3) is 0 Å². The van der Waals surface area contributed by atoms with Crippen LogP contribution in [0.1, 0.15) is 51.7 Å². The lowest BCUT2D eigenvalue weighted by molar-refractivity contribution is 0.594. The Labute approximate surface area is 103 Å². The maximum atomic E-state index is 4.53. The van der Waals surface area contributed by atoms with Crippen molar-refractivity contribution in [1.82, 2.24) is 9.97 Å². The summed E-state index contributed by atoms with van der Waals surface area (Å²) >= 11 is 0. The Morgan fingerprint density at radius 1 is 0.941 bits per heavy atom. The summed E-state index contributed by atoms with van der Waals surface area (Å²) in [5, 5.41) is 0. The van der Waals surface area contributed by atoms with Crippen LogP contribution < -0.4 is 0 Å². The van der Waals surface area contributed by atoms with Gasteiger partial charge in [0.15, 0.2) is 0 Å². The fraction of sp³-hybridized carbons (Fsp3) is 0.467. The van der Waals surface area contributed by atoms with Gasteiger partial charge in [-0.1, -0.05) is 46.8 Å². The lowest BCUT2D eigenvalue weighted by Gasteiger charge is -2.22. The van der Waals surface area contributed by atoms with Crippen LogP contribution in [0.2, 0.25) is 0 Å². The third-order valence-electron chi connectivity index (χ3n) is 3.09. The summed E-state index contributed by atoms with van der Waals surface area (Å²) in [6, 6.07) is 4.40. The smallest absolute Gasteiger partial charge is 0.0926 e. The first-order chi connectivity index (χ1) is 7.91. The summed E-state index contributed by atoms with van der Waals surface area (Å²) in [4.78, 5) is 9.04. The minimum atomic E-state index is 0.101. The molecule has 1 aromatic heterocycles. The Balaban J connectivity index is 2.80. The Kier molecular flexibility index (Phi) is 2.90. The van der Waals surface area contributed by atoms with E-state index in [1.165, 1.54) is 11.1 Å². The molecule has 0 fully saturated rings. The van der Waals surface area contributed by atoms with Gasteiger partial charge in [-0.25, -0.2) is 0 Å². The first kappa shape index (κ1) is 12.0. The van der Waals surface area contributed by atoms with Crippen molar-refractivity contribution >= 4 is 11.0 Å². The number of aromatic nitrogens is 2. The first-order valence-electron chi connectivity index (χ1n) is 6.15. The van der Waals surface area contributed by atoms with Crippen LogP contribution in [-0.2, 0) is 5.41 Å². The first-order valence-corrected chi connectivity index (χ1v) is 6.15. The van der Waals surface area contributed by atoms with Gasteiger partial charge in [0, 0.05) is 12.4 Å². The molecular weight excluding hydrogens is 208 g/mol. The molecule has 0 unspecified atom stereocenters. The number of hydrogen-bond acceptors (Lipinski definition) is 2. The van der Waals surface area contributed by atoms with Gasteiger partial charge in [-0.15, -0.1) is 0 Å². The Hall–Kier alpha value is -1.44. The molecule has 0 saturated carbocycles. The zero-order valence-electron chi connectivity index (χ0n) is 11.3. The lowest BCUT2D eigenvalue weighted by Crippen LogP contribution is -2.13. The number of fused-ring (bicyclic) bond motifs is 1. The summed E-state index contributed by atoms with van der Waals surface area (Å²) in [7, 11) is 0. The summed E-state index contributed by atoms with van der Waals surface area (Å²) in [5.74, 6) is 0.475. The molecule has 0 aliphatic rings. The molecule has 0 amide bonds. The van der Waals surface area contributed by atoms with E-state index in [4.69, 9.17) is 0 Å². The minimum Gasteiger partial charge on any atom is -0.253 e. The van der Waals surface area contributed by atoms with Gasteiger partial charge in [-0.05, 0) is 22.5 Å². The Bertz CT molecular complexity index is 536. The lowest BCUT2D eigenvalue weighted by atomic mass is 9.84. The number of rotatable bonds is 1. The largest absolute Gasteiger partial charge is 0.253 e. The zero-order valence-corrected chi connectivity index (χ0v) is 11.3. The standard InChI is InChI=1S/C15H20N2/c1-10(2)11-6-7-12(15(3,4)5)14-13(11)16-8-9-17-14/h6-10H,1-5H3. The average Bonchev–Trinajstić information content (AvgIpc) is 2.26. The van der Waals surface area contributed by atoms with Crippen LogP contribution in [-0.4, -0.2) is 9.97 Å². The molecule has 2 rings (SSSR count). The maximum Gasteiger partial charge on any atom is 0.0926 e. The van der Waals surface area contributed by atoms with Crippen LogP contribution in [0.15, 0.2) is 24.5 Å². The van der Waals surface area contributed by atoms with Crippen LogP contribution >= 0.6 is 0 Å². The molecule has 17 heavy (non-hydrogen) atoms. The Morgan fingerprint density at radius 2 is 1.53 bits per heavy atom. The SMILES string of the molecule is CC(C)c1ccc(C(C)(C)C)c2nccnc12. The van der Waals surface area contributed by atoms with Gasteiger partial charge in [0.2, 0.25) is 0 Å². The van der Waals surface area contributed by atoms with Crippen molar-refractivity contribution in [3.63, 3.8) is 0 Å². The molecule has 90 valence electrons. The van der Waals surface area contributed by atoms with E-state index in [9.17, 15) is 0 Å². The van der Waals surface area contributed by atoms with E-state index in [1.807, 2.05) is 0 Å². The van der Waals surface area contributed by atoms with Crippen molar-refractivity contribution in [1.29, 1.82) is 0 Å². The summed E-state index contributed by atoms with van der Waals surface area (Å²) in [5.41, 5.74) is 4.75. The molecule has 2 heteroatoms. The highest BCUT2D eigenvalue weighted by molar-refractivity contribution is 5.82. The van der Waals surface area contributed by atoms with Crippen LogP contribution in [0.3, 0.4) is 0 Å². The number of nitrogens with zero attached hydrogens (tertiary/aromatic N) is 2. The molecule has 0 saturated heterocycles. The van der Waals surface area contributed by atoms with Crippen molar-refractivity contribution in [2.75, 3.05) is 0 Å². The second kappa shape index (κ2) is 4.10. The quantitative estimate of drug-likeness (QED) is 0.736. The molecule has 2 aromatic rings. The van der Waals surface area contributed by atoms with Crippen LogP contribution in [0.5, 0.6) is 0 Å². The van der Waals surface area contributed by atoms with Gasteiger partial charge in [0.05, 0.1) is 11.0 Å². The van der Waals surface area contributed by atoms with E-state index < -0.39 is 0 Å².